The lowest BCUT2D eigenvalue weighted by molar-refractivity contribution is 0.0991. The van der Waals surface area contributed by atoms with Crippen molar-refractivity contribution in [2.45, 2.75) is 13.0 Å². The van der Waals surface area contributed by atoms with E-state index in [2.05, 4.69) is 27.4 Å². The van der Waals surface area contributed by atoms with Gasteiger partial charge in [0, 0.05) is 60.1 Å². The van der Waals surface area contributed by atoms with Crippen molar-refractivity contribution in [3.05, 3.63) is 125 Å². The first kappa shape index (κ1) is 28.9. The van der Waals surface area contributed by atoms with Crippen LogP contribution in [0.15, 0.2) is 97.6 Å². The molecule has 4 heterocycles. The van der Waals surface area contributed by atoms with Gasteiger partial charge in [0.25, 0.3) is 11.8 Å². The molecule has 4 aromatic heterocycles. The number of nitrogens with one attached hydrogen (secondary N) is 1. The molecule has 0 bridgehead atoms. The summed E-state index contributed by atoms with van der Waals surface area (Å²) in [5.74, 6) is -0.215. The summed E-state index contributed by atoms with van der Waals surface area (Å²) in [6.07, 6.45) is 7.33. The van der Waals surface area contributed by atoms with Crippen molar-refractivity contribution in [1.29, 1.82) is 10.5 Å². The maximum absolute atomic E-state index is 13.5. The minimum absolute atomic E-state index is 0.264. The van der Waals surface area contributed by atoms with Crippen LogP contribution in [0.1, 0.15) is 36.7 Å². The zero-order valence-corrected chi connectivity index (χ0v) is 24.8. The maximum Gasteiger partial charge on any atom is 0.268 e. The summed E-state index contributed by atoms with van der Waals surface area (Å²) in [5, 5.41) is 21.4. The van der Waals surface area contributed by atoms with Gasteiger partial charge in [0.1, 0.15) is 6.07 Å². The van der Waals surface area contributed by atoms with E-state index in [1.165, 1.54) is 22.4 Å². The number of fused-ring (bicyclic) bond motifs is 1. The predicted molar refractivity (Wildman–Crippen MR) is 172 cm³/mol. The predicted octanol–water partition coefficient (Wildman–Crippen LogP) is 6.07. The topological polar surface area (TPSA) is 141 Å². The molecule has 0 fully saturated rings. The van der Waals surface area contributed by atoms with Crippen LogP contribution >= 0.6 is 11.3 Å². The Morgan fingerprint density at radius 3 is 2.60 bits per heavy atom. The quantitative estimate of drug-likeness (QED) is 0.221. The molecule has 1 N–H and O–H groups in total. The highest BCUT2D eigenvalue weighted by molar-refractivity contribution is 7.17. The molecule has 2 aromatic carbocycles. The fourth-order valence-corrected chi connectivity index (χ4v) is 5.76. The lowest BCUT2D eigenvalue weighted by Crippen LogP contribution is -2.26. The molecule has 0 saturated carbocycles. The number of imidazole rings is 1. The summed E-state index contributed by atoms with van der Waals surface area (Å²) in [6, 6.07) is 25.4. The number of nitriles is 2. The second-order valence-corrected chi connectivity index (χ2v) is 11.2. The van der Waals surface area contributed by atoms with Gasteiger partial charge in [0.15, 0.2) is 0 Å². The van der Waals surface area contributed by atoms with Crippen LogP contribution in [0.4, 0.5) is 11.6 Å². The van der Waals surface area contributed by atoms with Crippen LogP contribution < -0.4 is 10.2 Å². The maximum atomic E-state index is 13.5. The Hall–Kier alpha value is -6.17. The number of hydrogen-bond donors (Lipinski definition) is 1. The zero-order valence-electron chi connectivity index (χ0n) is 24.0. The van der Waals surface area contributed by atoms with E-state index in [-0.39, 0.29) is 11.8 Å². The molecule has 0 spiro atoms. The van der Waals surface area contributed by atoms with Crippen LogP contribution in [-0.4, -0.2) is 38.4 Å². The third kappa shape index (κ3) is 6.15. The van der Waals surface area contributed by atoms with Gasteiger partial charge in [-0.05, 0) is 72.6 Å². The number of anilines is 2. The van der Waals surface area contributed by atoms with Crippen molar-refractivity contribution in [1.82, 2.24) is 19.5 Å². The van der Waals surface area contributed by atoms with Gasteiger partial charge < -0.3 is 9.47 Å². The highest BCUT2D eigenvalue weighted by Crippen LogP contribution is 2.30. The van der Waals surface area contributed by atoms with E-state index in [1.54, 1.807) is 68.1 Å². The number of benzene rings is 2. The first-order valence-electron chi connectivity index (χ1n) is 13.9. The Balaban J connectivity index is 1.31. The average molecular weight is 609 g/mol. The van der Waals surface area contributed by atoms with Gasteiger partial charge in [-0.15, -0.1) is 11.3 Å². The number of carbonyl (C=O) groups is 2. The number of aryl methyl sites for hydroxylation is 2. The summed E-state index contributed by atoms with van der Waals surface area (Å²) in [4.78, 5) is 42.6. The number of nitrogens with zero attached hydrogens (tertiary/aromatic N) is 7. The van der Waals surface area contributed by atoms with Crippen LogP contribution in [0, 0.1) is 22.7 Å². The van der Waals surface area contributed by atoms with Crippen molar-refractivity contribution < 1.29 is 9.59 Å². The molecule has 2 amide bonds. The summed E-state index contributed by atoms with van der Waals surface area (Å²) >= 11 is 1.29. The highest BCUT2D eigenvalue weighted by atomic mass is 32.1. The third-order valence-electron chi connectivity index (χ3n) is 7.22. The minimum Gasteiger partial charge on any atom is -0.311 e. The molecule has 6 aromatic rings. The number of aromatic nitrogens is 4. The molecule has 0 radical (unpaired) electrons. The van der Waals surface area contributed by atoms with Crippen LogP contribution in [0.5, 0.6) is 0 Å². The van der Waals surface area contributed by atoms with Crippen molar-refractivity contribution in [2.24, 2.45) is 0 Å². The molecule has 0 atom stereocenters. The zero-order chi connectivity index (χ0) is 31.3. The van der Waals surface area contributed by atoms with Crippen molar-refractivity contribution in [2.75, 3.05) is 17.3 Å². The van der Waals surface area contributed by atoms with Crippen LogP contribution in [0.2, 0.25) is 0 Å². The molecule has 0 aliphatic rings. The van der Waals surface area contributed by atoms with E-state index in [9.17, 15) is 20.1 Å². The number of rotatable bonds is 8. The lowest BCUT2D eigenvalue weighted by atomic mass is 10.1. The Kier molecular flexibility index (Phi) is 8.10. The normalized spacial score (nSPS) is 10.6. The highest BCUT2D eigenvalue weighted by Gasteiger charge is 2.19. The standard InChI is InChI=1S/C34H24N8O2S/c1-41(33(44)25-6-2-4-23(14-25)17-35)27-7-8-29-28(16-27)39-34(42(29)13-11-22-5-3-12-37-19-22)40-32(43)31-10-9-30(45-31)26-15-24(18-36)20-38-21-26/h2-10,12,14-16,19-21H,11,13H2,1H3,(H,39,40,43). The number of pyridine rings is 2. The molecule has 10 nitrogen and oxygen atoms in total. The van der Waals surface area contributed by atoms with Gasteiger partial charge in [0.2, 0.25) is 5.95 Å². The van der Waals surface area contributed by atoms with Crippen molar-refractivity contribution in [3.8, 4) is 22.6 Å². The van der Waals surface area contributed by atoms with Crippen LogP contribution in [0.3, 0.4) is 0 Å². The van der Waals surface area contributed by atoms with Gasteiger partial charge in [-0.2, -0.15) is 10.5 Å². The Bertz CT molecular complexity index is 2140. The van der Waals surface area contributed by atoms with Crippen molar-refractivity contribution in [3.63, 3.8) is 0 Å². The molecule has 0 aliphatic carbocycles. The largest absolute Gasteiger partial charge is 0.311 e. The average Bonchev–Trinajstić information content (AvgIpc) is 3.72. The first-order valence-corrected chi connectivity index (χ1v) is 14.7. The smallest absolute Gasteiger partial charge is 0.268 e. The van der Waals surface area contributed by atoms with Gasteiger partial charge >= 0.3 is 0 Å². The molecule has 218 valence electrons. The van der Waals surface area contributed by atoms with Gasteiger partial charge in [-0.1, -0.05) is 12.1 Å². The van der Waals surface area contributed by atoms with Gasteiger partial charge in [-0.25, -0.2) is 4.98 Å². The monoisotopic (exact) mass is 608 g/mol. The number of hydrogen-bond acceptors (Lipinski definition) is 8. The van der Waals surface area contributed by atoms with Crippen LogP contribution in [0.25, 0.3) is 21.5 Å². The first-order chi connectivity index (χ1) is 21.9. The minimum atomic E-state index is -0.321. The molecule has 11 heteroatoms. The fourth-order valence-electron chi connectivity index (χ4n) is 4.88. The second-order valence-electron chi connectivity index (χ2n) is 10.1. The summed E-state index contributed by atoms with van der Waals surface area (Å²) in [7, 11) is 1.67. The van der Waals surface area contributed by atoms with Crippen LogP contribution in [-0.2, 0) is 13.0 Å². The molecule has 0 aliphatic heterocycles. The number of thiophene rings is 1. The summed E-state index contributed by atoms with van der Waals surface area (Å²) in [6.45, 7) is 0.523. The third-order valence-corrected chi connectivity index (χ3v) is 8.35. The number of amides is 2. The molecule has 45 heavy (non-hydrogen) atoms. The van der Waals surface area contributed by atoms with Gasteiger partial charge in [0.05, 0.1) is 33.1 Å². The van der Waals surface area contributed by atoms with E-state index < -0.39 is 0 Å². The molecule has 0 unspecified atom stereocenters. The van der Waals surface area contributed by atoms with E-state index in [0.717, 1.165) is 21.5 Å². The van der Waals surface area contributed by atoms with E-state index >= 15 is 0 Å². The molecule has 6 rings (SSSR count). The Morgan fingerprint density at radius 2 is 1.80 bits per heavy atom. The summed E-state index contributed by atoms with van der Waals surface area (Å²) in [5.41, 5.74) is 5.04. The fraction of sp³-hybridized carbons (Fsp3) is 0.0882. The van der Waals surface area contributed by atoms with Crippen molar-refractivity contribution >= 4 is 45.8 Å². The van der Waals surface area contributed by atoms with E-state index in [1.807, 2.05) is 34.9 Å². The Morgan fingerprint density at radius 1 is 0.933 bits per heavy atom. The second kappa shape index (κ2) is 12.6. The SMILES string of the molecule is CN(C(=O)c1cccc(C#N)c1)c1ccc2c(c1)nc(NC(=O)c1ccc(-c3cncc(C#N)c3)s1)n2CCc1cccnc1. The molecule has 0 saturated heterocycles. The Labute approximate surface area is 262 Å². The van der Waals surface area contributed by atoms with E-state index in [4.69, 9.17) is 4.98 Å². The van der Waals surface area contributed by atoms with Gasteiger partial charge in [-0.3, -0.25) is 24.9 Å². The summed E-state index contributed by atoms with van der Waals surface area (Å²) < 4.78 is 1.94. The molecular weight excluding hydrogens is 584 g/mol. The van der Waals surface area contributed by atoms with E-state index in [0.29, 0.717) is 51.7 Å². The number of carbonyl (C=O) groups excluding carboxylic acids is 2. The molecular formula is C34H24N8O2S. The lowest BCUT2D eigenvalue weighted by Gasteiger charge is -2.17.